The molecule has 1 N–H and O–H groups in total. The summed E-state index contributed by atoms with van der Waals surface area (Å²) in [7, 11) is 0. The number of aryl methyl sites for hydroxylation is 1. The van der Waals surface area contributed by atoms with E-state index in [0.717, 1.165) is 40.7 Å². The number of alkyl halides is 3. The van der Waals surface area contributed by atoms with Crippen molar-refractivity contribution < 1.29 is 22.7 Å². The molecular formula is C34H37F3N6O2S. The maximum Gasteiger partial charge on any atom is 0.573 e. The topological polar surface area (TPSA) is 84.6 Å². The average molecular weight is 651 g/mol. The van der Waals surface area contributed by atoms with Crippen molar-refractivity contribution >= 4 is 28.6 Å². The van der Waals surface area contributed by atoms with Crippen LogP contribution in [0.3, 0.4) is 0 Å². The van der Waals surface area contributed by atoms with Crippen LogP contribution in [0.1, 0.15) is 50.3 Å². The zero-order chi connectivity index (χ0) is 33.1. The Hall–Kier alpha value is -4.32. The molecule has 0 saturated carbocycles. The number of hydrogen-bond acceptors (Lipinski definition) is 5. The molecule has 2 heterocycles. The lowest BCUT2D eigenvalue weighted by atomic mass is 9.85. The molecule has 0 bridgehead atoms. The number of aliphatic imine (C=N–C) groups is 1. The number of anilines is 1. The summed E-state index contributed by atoms with van der Waals surface area (Å²) in [5.41, 5.74) is 5.84. The summed E-state index contributed by atoms with van der Waals surface area (Å²) in [6, 6.07) is 19.2. The Morgan fingerprint density at radius 1 is 1.07 bits per heavy atom. The predicted molar refractivity (Wildman–Crippen MR) is 177 cm³/mol. The molecule has 242 valence electrons. The number of nitrogens with zero attached hydrogens (tertiary/aromatic N) is 5. The van der Waals surface area contributed by atoms with Crippen molar-refractivity contribution in [1.82, 2.24) is 20.1 Å². The van der Waals surface area contributed by atoms with Crippen LogP contribution < -0.4 is 15.0 Å². The van der Waals surface area contributed by atoms with Gasteiger partial charge >= 0.3 is 12.4 Å². The molecule has 1 aliphatic rings. The van der Waals surface area contributed by atoms with Crippen molar-refractivity contribution in [2.24, 2.45) is 10.4 Å². The van der Waals surface area contributed by atoms with Crippen LogP contribution in [0.4, 0.5) is 23.7 Å². The minimum Gasteiger partial charge on any atom is -0.406 e. The van der Waals surface area contributed by atoms with Crippen molar-refractivity contribution in [3.63, 3.8) is 0 Å². The Morgan fingerprint density at radius 2 is 1.78 bits per heavy atom. The van der Waals surface area contributed by atoms with Crippen LogP contribution in [-0.2, 0) is 6.42 Å². The monoisotopic (exact) mass is 650 g/mol. The summed E-state index contributed by atoms with van der Waals surface area (Å²) in [4.78, 5) is 23.9. The molecule has 2 amide bonds. The summed E-state index contributed by atoms with van der Waals surface area (Å²) < 4.78 is 42.7. The minimum atomic E-state index is -4.75. The van der Waals surface area contributed by atoms with Crippen LogP contribution >= 0.6 is 11.8 Å². The highest BCUT2D eigenvalue weighted by molar-refractivity contribution is 8.14. The highest BCUT2D eigenvalue weighted by Gasteiger charge is 2.31. The van der Waals surface area contributed by atoms with Crippen molar-refractivity contribution in [1.29, 1.82) is 0 Å². The summed E-state index contributed by atoms with van der Waals surface area (Å²) in [5.74, 6) is 1.41. The molecular weight excluding hydrogens is 613 g/mol. The van der Waals surface area contributed by atoms with Crippen molar-refractivity contribution in [3.05, 3.63) is 89.7 Å². The second kappa shape index (κ2) is 13.6. The summed E-state index contributed by atoms with van der Waals surface area (Å²) in [6.45, 7) is 12.0. The van der Waals surface area contributed by atoms with Gasteiger partial charge in [0.1, 0.15) is 12.1 Å². The van der Waals surface area contributed by atoms with Crippen LogP contribution in [0.5, 0.6) is 5.75 Å². The number of amidine groups is 1. The molecule has 0 atom stereocenters. The molecule has 0 unspecified atom stereocenters. The highest BCUT2D eigenvalue weighted by Crippen LogP contribution is 2.35. The third-order valence-electron chi connectivity index (χ3n) is 7.58. The number of ether oxygens (including phenoxy) is 1. The highest BCUT2D eigenvalue weighted by atomic mass is 32.2. The summed E-state index contributed by atoms with van der Waals surface area (Å²) in [6.07, 6.45) is -2.52. The van der Waals surface area contributed by atoms with E-state index < -0.39 is 6.36 Å². The van der Waals surface area contributed by atoms with Crippen LogP contribution in [0.25, 0.3) is 17.1 Å². The van der Waals surface area contributed by atoms with Gasteiger partial charge in [-0.05, 0) is 71.7 Å². The van der Waals surface area contributed by atoms with Crippen molar-refractivity contribution in [2.45, 2.75) is 53.3 Å². The van der Waals surface area contributed by atoms with Gasteiger partial charge in [-0.2, -0.15) is 4.99 Å². The molecule has 0 aliphatic carbocycles. The normalized spacial score (nSPS) is 14.7. The van der Waals surface area contributed by atoms with E-state index in [9.17, 15) is 18.0 Å². The lowest BCUT2D eigenvalue weighted by Crippen LogP contribution is -2.35. The van der Waals surface area contributed by atoms with Crippen LogP contribution in [0.15, 0.2) is 78.0 Å². The summed E-state index contributed by atoms with van der Waals surface area (Å²) >= 11 is 1.60. The smallest absolute Gasteiger partial charge is 0.406 e. The lowest BCUT2D eigenvalue weighted by molar-refractivity contribution is -0.274. The number of nitrogens with one attached hydrogen (secondary N) is 1. The van der Waals surface area contributed by atoms with Gasteiger partial charge < -0.3 is 15.0 Å². The van der Waals surface area contributed by atoms with Crippen molar-refractivity contribution in [3.8, 4) is 22.8 Å². The number of thioether (sulfide) groups is 1. The molecule has 46 heavy (non-hydrogen) atoms. The first-order chi connectivity index (χ1) is 21.8. The molecule has 1 aliphatic heterocycles. The molecule has 12 heteroatoms. The van der Waals surface area contributed by atoms with Gasteiger partial charge in [-0.15, -0.1) is 18.3 Å². The second-order valence-electron chi connectivity index (χ2n) is 12.3. The van der Waals surface area contributed by atoms with E-state index in [1.54, 1.807) is 11.8 Å². The minimum absolute atomic E-state index is 0.233. The average Bonchev–Trinajstić information content (AvgIpc) is 3.66. The molecule has 1 saturated heterocycles. The maximum atomic E-state index is 12.9. The molecule has 0 spiro atoms. The van der Waals surface area contributed by atoms with Gasteiger partial charge in [0, 0.05) is 30.1 Å². The number of carbonyl (C=O) groups is 1. The number of aromatic nitrogens is 3. The molecule has 5 rings (SSSR count). The fraction of sp³-hybridized carbons (Fsp3) is 0.353. The van der Waals surface area contributed by atoms with Gasteiger partial charge in [-0.3, -0.25) is 0 Å². The molecule has 4 aromatic rings. The fourth-order valence-corrected chi connectivity index (χ4v) is 6.47. The zero-order valence-electron chi connectivity index (χ0n) is 26.4. The third kappa shape index (κ3) is 8.28. The Kier molecular flexibility index (Phi) is 9.76. The van der Waals surface area contributed by atoms with E-state index >= 15 is 0 Å². The van der Waals surface area contributed by atoms with Gasteiger partial charge in [0.25, 0.3) is 0 Å². The number of amides is 2. The Bertz CT molecular complexity index is 1700. The predicted octanol–water partition coefficient (Wildman–Crippen LogP) is 8.15. The fourth-order valence-electron chi connectivity index (χ4n) is 5.52. The molecule has 0 radical (unpaired) electrons. The van der Waals surface area contributed by atoms with Gasteiger partial charge in [0.15, 0.2) is 11.0 Å². The number of halogens is 3. The Morgan fingerprint density at radius 3 is 2.46 bits per heavy atom. The van der Waals surface area contributed by atoms with E-state index in [-0.39, 0.29) is 17.2 Å². The quantitative estimate of drug-likeness (QED) is 0.197. The molecule has 1 aromatic heterocycles. The zero-order valence-corrected chi connectivity index (χ0v) is 27.2. The van der Waals surface area contributed by atoms with Gasteiger partial charge in [-0.25, -0.2) is 14.5 Å². The number of urea groups is 1. The first-order valence-electron chi connectivity index (χ1n) is 15.0. The van der Waals surface area contributed by atoms with Gasteiger partial charge in [0.05, 0.1) is 5.69 Å². The van der Waals surface area contributed by atoms with Crippen LogP contribution in [0, 0.1) is 12.3 Å². The third-order valence-corrected chi connectivity index (χ3v) is 8.54. The standard InChI is InChI=1S/C34H37F3N6O2S/c1-22(2)29-23(3)7-6-8-28(29)42-17-18-46-32(42)40-31(44)38-20-33(4,5)19-24-9-11-25(12-10-24)30-39-21-43(41-30)26-13-15-27(16-14-26)45-34(35,36)37/h6-16,21-22H,17-20H2,1-5H3,(H,38,44). The van der Waals surface area contributed by atoms with E-state index in [4.69, 9.17) is 0 Å². The van der Waals surface area contributed by atoms with E-state index in [0.29, 0.717) is 24.0 Å². The van der Waals surface area contributed by atoms with Gasteiger partial charge in [-0.1, -0.05) is 75.9 Å². The second-order valence-corrected chi connectivity index (χ2v) is 13.4. The van der Waals surface area contributed by atoms with Crippen LogP contribution in [0.2, 0.25) is 0 Å². The number of benzene rings is 3. The lowest BCUT2D eigenvalue weighted by Gasteiger charge is -2.26. The van der Waals surface area contributed by atoms with E-state index in [1.165, 1.54) is 46.4 Å². The number of hydrogen-bond donors (Lipinski definition) is 1. The van der Waals surface area contributed by atoms with Crippen LogP contribution in [-0.4, -0.2) is 51.2 Å². The largest absolute Gasteiger partial charge is 0.573 e. The number of carbonyl (C=O) groups excluding carboxylic acids is 1. The maximum absolute atomic E-state index is 12.9. The Labute approximate surface area is 271 Å². The SMILES string of the molecule is Cc1cccc(N2CCSC2=NC(=O)NCC(C)(C)Cc2ccc(-c3ncn(-c4ccc(OC(F)(F)F)cc4)n3)cc2)c1C(C)C. The van der Waals surface area contributed by atoms with E-state index in [1.807, 2.05) is 24.3 Å². The Balaban J connectivity index is 1.18. The molecule has 1 fully saturated rings. The van der Waals surface area contributed by atoms with E-state index in [2.05, 4.69) is 82.8 Å². The van der Waals surface area contributed by atoms with Gasteiger partial charge in [0.2, 0.25) is 0 Å². The number of rotatable bonds is 9. The first-order valence-corrected chi connectivity index (χ1v) is 16.0. The summed E-state index contributed by atoms with van der Waals surface area (Å²) in [5, 5.41) is 8.20. The molecule has 3 aromatic carbocycles. The van der Waals surface area contributed by atoms with Crippen molar-refractivity contribution in [2.75, 3.05) is 23.7 Å². The molecule has 8 nitrogen and oxygen atoms in total. The first kappa shape index (κ1) is 33.1.